The summed E-state index contributed by atoms with van der Waals surface area (Å²) in [6, 6.07) is 7.95. The monoisotopic (exact) mass is 288 g/mol. The minimum Gasteiger partial charge on any atom is -0.378 e. The van der Waals surface area contributed by atoms with Crippen molar-refractivity contribution in [3.8, 4) is 0 Å². The topological polar surface area (TPSA) is 86.8 Å². The number of carbonyl (C=O) groups excluding carboxylic acids is 1. The fourth-order valence-electron chi connectivity index (χ4n) is 1.95. The lowest BCUT2D eigenvalue weighted by Crippen LogP contribution is -2.27. The number of aromatic amines is 1. The summed E-state index contributed by atoms with van der Waals surface area (Å²) >= 11 is 0. The fourth-order valence-corrected chi connectivity index (χ4v) is 1.95. The molecule has 0 aliphatic carbocycles. The Labute approximate surface area is 123 Å². The highest BCUT2D eigenvalue weighted by atomic mass is 16.1. The van der Waals surface area contributed by atoms with Gasteiger partial charge in [0.05, 0.1) is 6.04 Å². The first-order chi connectivity index (χ1) is 10.1. The molecule has 0 spiro atoms. The second kappa shape index (κ2) is 6.83. The smallest absolute Gasteiger partial charge is 0.220 e. The van der Waals surface area contributed by atoms with Gasteiger partial charge >= 0.3 is 0 Å². The van der Waals surface area contributed by atoms with Gasteiger partial charge in [0, 0.05) is 26.2 Å². The van der Waals surface area contributed by atoms with Gasteiger partial charge in [0.1, 0.15) is 0 Å². The van der Waals surface area contributed by atoms with Gasteiger partial charge in [0.25, 0.3) is 0 Å². The number of nitrogens with zero attached hydrogens (tertiary/aromatic N) is 4. The van der Waals surface area contributed by atoms with Gasteiger partial charge < -0.3 is 10.2 Å². The molecule has 2 N–H and O–H groups in total. The Hall–Kier alpha value is -2.44. The molecule has 1 heterocycles. The van der Waals surface area contributed by atoms with Crippen molar-refractivity contribution in [2.75, 3.05) is 19.0 Å². The molecule has 21 heavy (non-hydrogen) atoms. The molecule has 0 aliphatic rings. The van der Waals surface area contributed by atoms with Crippen LogP contribution in [-0.2, 0) is 11.2 Å². The minimum atomic E-state index is -0.243. The SMILES string of the molecule is CC(NC(=O)CCc1ccc(N(C)C)cc1)c1nn[nH]n1. The molecule has 1 amide bonds. The number of hydrogen-bond acceptors (Lipinski definition) is 5. The summed E-state index contributed by atoms with van der Waals surface area (Å²) in [5.41, 5.74) is 2.29. The number of nitrogens with one attached hydrogen (secondary N) is 2. The van der Waals surface area contributed by atoms with Gasteiger partial charge in [-0.15, -0.1) is 10.2 Å². The first-order valence-electron chi connectivity index (χ1n) is 6.85. The molecule has 1 unspecified atom stereocenters. The first-order valence-corrected chi connectivity index (χ1v) is 6.85. The lowest BCUT2D eigenvalue weighted by atomic mass is 10.1. The lowest BCUT2D eigenvalue weighted by Gasteiger charge is -2.13. The average molecular weight is 288 g/mol. The number of amides is 1. The quantitative estimate of drug-likeness (QED) is 0.830. The van der Waals surface area contributed by atoms with Crippen LogP contribution >= 0.6 is 0 Å². The molecule has 1 atom stereocenters. The molecule has 0 bridgehead atoms. The Morgan fingerprint density at radius 2 is 2.05 bits per heavy atom. The van der Waals surface area contributed by atoms with Gasteiger partial charge in [-0.1, -0.05) is 17.3 Å². The van der Waals surface area contributed by atoms with Crippen molar-refractivity contribution in [3.63, 3.8) is 0 Å². The van der Waals surface area contributed by atoms with Crippen LogP contribution in [0.1, 0.15) is 30.8 Å². The normalized spacial score (nSPS) is 12.0. The Morgan fingerprint density at radius 1 is 1.33 bits per heavy atom. The number of benzene rings is 1. The van der Waals surface area contributed by atoms with E-state index >= 15 is 0 Å². The van der Waals surface area contributed by atoms with Crippen molar-refractivity contribution >= 4 is 11.6 Å². The summed E-state index contributed by atoms with van der Waals surface area (Å²) < 4.78 is 0. The van der Waals surface area contributed by atoms with Gasteiger partial charge in [0.15, 0.2) is 5.82 Å². The predicted octanol–water partition coefficient (Wildman–Crippen LogP) is 1.08. The second-order valence-corrected chi connectivity index (χ2v) is 5.12. The number of anilines is 1. The summed E-state index contributed by atoms with van der Waals surface area (Å²) in [6.45, 7) is 1.83. The molecular formula is C14H20N6O. The molecule has 1 aromatic heterocycles. The van der Waals surface area contributed by atoms with Crippen LogP contribution in [-0.4, -0.2) is 40.6 Å². The van der Waals surface area contributed by atoms with Crippen molar-refractivity contribution in [3.05, 3.63) is 35.7 Å². The van der Waals surface area contributed by atoms with E-state index in [0.29, 0.717) is 18.7 Å². The Morgan fingerprint density at radius 3 is 2.62 bits per heavy atom. The van der Waals surface area contributed by atoms with Crippen LogP contribution in [0, 0.1) is 0 Å². The lowest BCUT2D eigenvalue weighted by molar-refractivity contribution is -0.121. The molecule has 0 fully saturated rings. The van der Waals surface area contributed by atoms with Gasteiger partial charge in [-0.05, 0) is 31.0 Å². The van der Waals surface area contributed by atoms with E-state index < -0.39 is 0 Å². The maximum Gasteiger partial charge on any atom is 0.220 e. The van der Waals surface area contributed by atoms with Crippen LogP contribution < -0.4 is 10.2 Å². The van der Waals surface area contributed by atoms with E-state index in [4.69, 9.17) is 0 Å². The van der Waals surface area contributed by atoms with Crippen LogP contribution in [0.3, 0.4) is 0 Å². The highest BCUT2D eigenvalue weighted by Crippen LogP contribution is 2.13. The Balaban J connectivity index is 1.81. The third-order valence-corrected chi connectivity index (χ3v) is 3.22. The maximum absolute atomic E-state index is 11.9. The van der Waals surface area contributed by atoms with Crippen molar-refractivity contribution in [1.82, 2.24) is 25.9 Å². The van der Waals surface area contributed by atoms with Crippen LogP contribution in [0.4, 0.5) is 5.69 Å². The van der Waals surface area contributed by atoms with Crippen molar-refractivity contribution in [2.45, 2.75) is 25.8 Å². The van der Waals surface area contributed by atoms with E-state index in [2.05, 4.69) is 38.1 Å². The van der Waals surface area contributed by atoms with Crippen LogP contribution in [0.5, 0.6) is 0 Å². The zero-order valence-electron chi connectivity index (χ0n) is 12.5. The van der Waals surface area contributed by atoms with E-state index in [1.807, 2.05) is 38.1 Å². The molecule has 2 rings (SSSR count). The molecular weight excluding hydrogens is 268 g/mol. The number of aryl methyl sites for hydroxylation is 1. The standard InChI is InChI=1S/C14H20N6O/c1-10(14-16-18-19-17-14)15-13(21)9-6-11-4-7-12(8-5-11)20(2)3/h4-5,7-8,10H,6,9H2,1-3H3,(H,15,21)(H,16,17,18,19). The van der Waals surface area contributed by atoms with Gasteiger partial charge in [-0.2, -0.15) is 5.21 Å². The van der Waals surface area contributed by atoms with E-state index in [9.17, 15) is 4.79 Å². The molecule has 1 aromatic carbocycles. The minimum absolute atomic E-state index is 0.0241. The summed E-state index contributed by atoms with van der Waals surface area (Å²) in [5, 5.41) is 16.4. The number of aromatic nitrogens is 4. The zero-order chi connectivity index (χ0) is 15.2. The van der Waals surface area contributed by atoms with Crippen LogP contribution in [0.2, 0.25) is 0 Å². The molecule has 2 aromatic rings. The van der Waals surface area contributed by atoms with Gasteiger partial charge in [-0.3, -0.25) is 4.79 Å². The molecule has 0 aliphatic heterocycles. The van der Waals surface area contributed by atoms with Crippen LogP contribution in [0.25, 0.3) is 0 Å². The number of H-pyrrole nitrogens is 1. The zero-order valence-corrected chi connectivity index (χ0v) is 12.5. The summed E-state index contributed by atoms with van der Waals surface area (Å²) in [4.78, 5) is 13.9. The number of tetrazole rings is 1. The molecule has 7 heteroatoms. The highest BCUT2D eigenvalue weighted by molar-refractivity contribution is 5.76. The highest BCUT2D eigenvalue weighted by Gasteiger charge is 2.13. The second-order valence-electron chi connectivity index (χ2n) is 5.12. The third-order valence-electron chi connectivity index (χ3n) is 3.22. The summed E-state index contributed by atoms with van der Waals surface area (Å²) in [6.07, 6.45) is 1.14. The maximum atomic E-state index is 11.9. The van der Waals surface area contributed by atoms with E-state index in [-0.39, 0.29) is 11.9 Å². The van der Waals surface area contributed by atoms with Crippen LogP contribution in [0.15, 0.2) is 24.3 Å². The fraction of sp³-hybridized carbons (Fsp3) is 0.429. The van der Waals surface area contributed by atoms with Crippen molar-refractivity contribution in [1.29, 1.82) is 0 Å². The predicted molar refractivity (Wildman–Crippen MR) is 79.8 cm³/mol. The Kier molecular flexibility index (Phi) is 4.86. The molecule has 0 saturated carbocycles. The van der Waals surface area contributed by atoms with Gasteiger partial charge in [-0.25, -0.2) is 0 Å². The third kappa shape index (κ3) is 4.27. The summed E-state index contributed by atoms with van der Waals surface area (Å²) in [5.74, 6) is 0.461. The number of rotatable bonds is 6. The average Bonchev–Trinajstić information content (AvgIpc) is 3.00. The summed E-state index contributed by atoms with van der Waals surface area (Å²) in [7, 11) is 4.00. The molecule has 7 nitrogen and oxygen atoms in total. The molecule has 112 valence electrons. The first kappa shape index (κ1) is 15.0. The largest absolute Gasteiger partial charge is 0.378 e. The van der Waals surface area contributed by atoms with Crippen molar-refractivity contribution < 1.29 is 4.79 Å². The Bertz CT molecular complexity index is 564. The molecule has 0 radical (unpaired) electrons. The molecule has 0 saturated heterocycles. The van der Waals surface area contributed by atoms with Gasteiger partial charge in [0.2, 0.25) is 5.91 Å². The number of carbonyl (C=O) groups is 1. The van der Waals surface area contributed by atoms with E-state index in [0.717, 1.165) is 11.3 Å². The van der Waals surface area contributed by atoms with E-state index in [1.54, 1.807) is 0 Å². The van der Waals surface area contributed by atoms with Crippen molar-refractivity contribution in [2.24, 2.45) is 0 Å². The number of hydrogen-bond donors (Lipinski definition) is 2. The van der Waals surface area contributed by atoms with E-state index in [1.165, 1.54) is 0 Å².